The molecule has 0 spiro atoms. The third-order valence-corrected chi connectivity index (χ3v) is 7.45. The molecule has 28 heavy (non-hydrogen) atoms. The Hall–Kier alpha value is -0.0600. The molecule has 0 amide bonds. The van der Waals surface area contributed by atoms with E-state index in [1.807, 2.05) is 0 Å². The van der Waals surface area contributed by atoms with Gasteiger partial charge in [-0.1, -0.05) is 19.3 Å². The number of thioether (sulfide) groups is 1. The zero-order valence-corrected chi connectivity index (χ0v) is 21.3. The summed E-state index contributed by atoms with van der Waals surface area (Å²) < 4.78 is 0. The van der Waals surface area contributed by atoms with Crippen molar-refractivity contribution < 1.29 is 0 Å². The van der Waals surface area contributed by atoms with Crippen LogP contribution in [-0.4, -0.2) is 65.6 Å². The molecule has 2 aliphatic rings. The Labute approximate surface area is 196 Å². The quantitative estimate of drug-likeness (QED) is 0.314. The van der Waals surface area contributed by atoms with Crippen LogP contribution < -0.4 is 10.6 Å². The molecule has 5 nitrogen and oxygen atoms in total. The molecule has 3 rings (SSSR count). The highest BCUT2D eigenvalue weighted by Gasteiger charge is 2.38. The van der Waals surface area contributed by atoms with Crippen LogP contribution in [-0.2, 0) is 6.42 Å². The highest BCUT2D eigenvalue weighted by atomic mass is 127. The zero-order valence-electron chi connectivity index (χ0n) is 17.3. The molecule has 160 valence electrons. The number of rotatable bonds is 7. The van der Waals surface area contributed by atoms with Crippen molar-refractivity contribution in [1.82, 2.24) is 20.5 Å². The summed E-state index contributed by atoms with van der Waals surface area (Å²) in [6.45, 7) is 9.36. The maximum atomic E-state index is 5.05. The van der Waals surface area contributed by atoms with Crippen molar-refractivity contribution in [3.8, 4) is 0 Å². The molecule has 0 atom stereocenters. The van der Waals surface area contributed by atoms with Gasteiger partial charge in [-0.3, -0.25) is 9.89 Å². The van der Waals surface area contributed by atoms with E-state index in [1.165, 1.54) is 62.4 Å². The third-order valence-electron chi connectivity index (χ3n) is 5.68. The van der Waals surface area contributed by atoms with Crippen LogP contribution in [0.1, 0.15) is 49.7 Å². The average molecular weight is 538 g/mol. The molecule has 2 fully saturated rings. The standard InChI is InChI=1S/C20H35N5S2.HI/c1-3-21-19(22-10-7-18-15-27-17(2)24-18)23-16-20(8-5-4-6-9-20)25-11-13-26-14-12-25;/h15H,3-14,16H2,1-2H3,(H2,21,22,23);1H. The molecule has 0 bridgehead atoms. The molecule has 1 aliphatic carbocycles. The number of hydrogen-bond donors (Lipinski definition) is 2. The number of thiazole rings is 1. The number of guanidine groups is 1. The van der Waals surface area contributed by atoms with Crippen LogP contribution in [0.3, 0.4) is 0 Å². The predicted octanol–water partition coefficient (Wildman–Crippen LogP) is 3.92. The van der Waals surface area contributed by atoms with E-state index < -0.39 is 0 Å². The first-order valence-corrected chi connectivity index (χ1v) is 12.5. The van der Waals surface area contributed by atoms with Gasteiger partial charge in [-0.05, 0) is 26.7 Å². The van der Waals surface area contributed by atoms with Crippen molar-refractivity contribution in [1.29, 1.82) is 0 Å². The van der Waals surface area contributed by atoms with Crippen molar-refractivity contribution in [3.05, 3.63) is 16.1 Å². The Morgan fingerprint density at radius 2 is 1.96 bits per heavy atom. The first kappa shape index (κ1) is 24.2. The summed E-state index contributed by atoms with van der Waals surface area (Å²) in [7, 11) is 0. The fourth-order valence-corrected chi connectivity index (χ4v) is 5.77. The van der Waals surface area contributed by atoms with Gasteiger partial charge < -0.3 is 10.6 Å². The highest BCUT2D eigenvalue weighted by Crippen LogP contribution is 2.35. The van der Waals surface area contributed by atoms with Crippen molar-refractivity contribution in [2.45, 2.75) is 57.9 Å². The van der Waals surface area contributed by atoms with Crippen LogP contribution in [0.4, 0.5) is 0 Å². The number of nitrogens with zero attached hydrogens (tertiary/aromatic N) is 3. The predicted molar refractivity (Wildman–Crippen MR) is 135 cm³/mol. The van der Waals surface area contributed by atoms with E-state index in [1.54, 1.807) is 11.3 Å². The molecule has 0 unspecified atom stereocenters. The molecule has 8 heteroatoms. The van der Waals surface area contributed by atoms with Gasteiger partial charge in [0.2, 0.25) is 0 Å². The van der Waals surface area contributed by atoms with Gasteiger partial charge in [0.15, 0.2) is 5.96 Å². The number of halogens is 1. The second-order valence-electron chi connectivity index (χ2n) is 7.61. The van der Waals surface area contributed by atoms with Gasteiger partial charge in [-0.15, -0.1) is 35.3 Å². The fraction of sp³-hybridized carbons (Fsp3) is 0.800. The molecule has 1 saturated carbocycles. The molecule has 2 N–H and O–H groups in total. The summed E-state index contributed by atoms with van der Waals surface area (Å²) in [5.74, 6) is 3.51. The lowest BCUT2D eigenvalue weighted by Crippen LogP contribution is -2.55. The van der Waals surface area contributed by atoms with Gasteiger partial charge in [0.05, 0.1) is 17.2 Å². The minimum atomic E-state index is 0. The minimum Gasteiger partial charge on any atom is -0.357 e. The maximum Gasteiger partial charge on any atom is 0.191 e. The molecule has 1 aromatic rings. The van der Waals surface area contributed by atoms with Crippen LogP contribution in [0.5, 0.6) is 0 Å². The summed E-state index contributed by atoms with van der Waals surface area (Å²) in [4.78, 5) is 12.4. The van der Waals surface area contributed by atoms with E-state index in [2.05, 4.69) is 51.5 Å². The Balaban J connectivity index is 0.00000280. The molecule has 2 heterocycles. The first-order valence-electron chi connectivity index (χ1n) is 10.5. The van der Waals surface area contributed by atoms with Gasteiger partial charge in [0.1, 0.15) is 0 Å². The molecule has 1 saturated heterocycles. The van der Waals surface area contributed by atoms with Crippen molar-refractivity contribution in [2.24, 2.45) is 4.99 Å². The van der Waals surface area contributed by atoms with Gasteiger partial charge in [0.25, 0.3) is 0 Å². The lowest BCUT2D eigenvalue weighted by molar-refractivity contribution is 0.0672. The van der Waals surface area contributed by atoms with E-state index >= 15 is 0 Å². The van der Waals surface area contributed by atoms with Gasteiger partial charge in [0, 0.05) is 55.0 Å². The first-order chi connectivity index (χ1) is 13.2. The molecular weight excluding hydrogens is 501 g/mol. The highest BCUT2D eigenvalue weighted by molar-refractivity contribution is 14.0. The number of aryl methyl sites for hydroxylation is 1. The minimum absolute atomic E-state index is 0. The van der Waals surface area contributed by atoms with Gasteiger partial charge >= 0.3 is 0 Å². The molecule has 1 aliphatic heterocycles. The Morgan fingerprint density at radius 3 is 2.61 bits per heavy atom. The average Bonchev–Trinajstić information content (AvgIpc) is 3.12. The smallest absolute Gasteiger partial charge is 0.191 e. The van der Waals surface area contributed by atoms with E-state index in [0.29, 0.717) is 0 Å². The molecule has 0 radical (unpaired) electrons. The van der Waals surface area contributed by atoms with Crippen molar-refractivity contribution >= 4 is 53.0 Å². The van der Waals surface area contributed by atoms with Crippen LogP contribution >= 0.6 is 47.1 Å². The SMILES string of the molecule is CCNC(=NCC1(N2CCSCC2)CCCCC1)NCCc1csc(C)n1.I. The number of aromatic nitrogens is 1. The van der Waals surface area contributed by atoms with E-state index in [0.717, 1.165) is 37.0 Å². The zero-order chi connectivity index (χ0) is 19.0. The van der Waals surface area contributed by atoms with E-state index in [4.69, 9.17) is 4.99 Å². The fourth-order valence-electron chi connectivity index (χ4n) is 4.22. The largest absolute Gasteiger partial charge is 0.357 e. The Bertz CT molecular complexity index is 595. The Kier molecular flexibility index (Phi) is 10.9. The molecule has 0 aromatic carbocycles. The summed E-state index contributed by atoms with van der Waals surface area (Å²) in [5, 5.41) is 10.3. The second kappa shape index (κ2) is 12.6. The number of nitrogens with one attached hydrogen (secondary N) is 2. The number of hydrogen-bond acceptors (Lipinski definition) is 5. The Morgan fingerprint density at radius 1 is 1.21 bits per heavy atom. The topological polar surface area (TPSA) is 52.6 Å². The van der Waals surface area contributed by atoms with E-state index in [9.17, 15) is 0 Å². The van der Waals surface area contributed by atoms with Crippen molar-refractivity contribution in [3.63, 3.8) is 0 Å². The molecular formula is C20H36IN5S2. The molecule has 1 aromatic heterocycles. The van der Waals surface area contributed by atoms with E-state index in [-0.39, 0.29) is 29.5 Å². The second-order valence-corrected chi connectivity index (χ2v) is 9.90. The monoisotopic (exact) mass is 537 g/mol. The van der Waals surface area contributed by atoms with Gasteiger partial charge in [-0.2, -0.15) is 11.8 Å². The summed E-state index contributed by atoms with van der Waals surface area (Å²) in [6, 6.07) is 0. The summed E-state index contributed by atoms with van der Waals surface area (Å²) >= 11 is 3.82. The van der Waals surface area contributed by atoms with Crippen molar-refractivity contribution in [2.75, 3.05) is 44.2 Å². The van der Waals surface area contributed by atoms with Crippen LogP contribution in [0.25, 0.3) is 0 Å². The van der Waals surface area contributed by atoms with Crippen LogP contribution in [0, 0.1) is 6.92 Å². The van der Waals surface area contributed by atoms with Crippen LogP contribution in [0.15, 0.2) is 10.4 Å². The third kappa shape index (κ3) is 7.02. The lowest BCUT2D eigenvalue weighted by atomic mass is 9.80. The number of aliphatic imine (C=N–C) groups is 1. The summed E-state index contributed by atoms with van der Waals surface area (Å²) in [5.41, 5.74) is 1.46. The maximum absolute atomic E-state index is 5.05. The van der Waals surface area contributed by atoms with Gasteiger partial charge in [-0.25, -0.2) is 4.98 Å². The summed E-state index contributed by atoms with van der Waals surface area (Å²) in [6.07, 6.45) is 7.65. The normalized spacial score (nSPS) is 20.4. The lowest BCUT2D eigenvalue weighted by Gasteiger charge is -2.47. The van der Waals surface area contributed by atoms with Crippen LogP contribution in [0.2, 0.25) is 0 Å².